The average Bonchev–Trinajstić information content (AvgIpc) is 2.05. The minimum Gasteiger partial charge on any atom is -0.374 e. The Labute approximate surface area is 57.8 Å². The van der Waals surface area contributed by atoms with Crippen LogP contribution in [-0.2, 0) is 0 Å². The predicted molar refractivity (Wildman–Crippen MR) is 32.6 cm³/mol. The van der Waals surface area contributed by atoms with E-state index in [1.165, 1.54) is 18.7 Å². The molecule has 4 heteroatoms. The van der Waals surface area contributed by atoms with Gasteiger partial charge < -0.3 is 5.11 Å². The van der Waals surface area contributed by atoms with Crippen LogP contribution in [0.2, 0.25) is 0 Å². The molecule has 1 N–H and O–H groups in total. The highest BCUT2D eigenvalue weighted by Crippen LogP contribution is 2.06. The fraction of sp³-hybridized carbons (Fsp3) is 0.167. The van der Waals surface area contributed by atoms with Crippen LogP contribution in [-0.4, -0.2) is 15.1 Å². The van der Waals surface area contributed by atoms with Gasteiger partial charge in [0.15, 0.2) is 6.10 Å². The summed E-state index contributed by atoms with van der Waals surface area (Å²) in [6.45, 7) is 0. The van der Waals surface area contributed by atoms with E-state index in [1.807, 2.05) is 0 Å². The Bertz CT molecular complexity index is 241. The number of hydrogen-bond acceptors (Lipinski definition) is 4. The van der Waals surface area contributed by atoms with Crippen molar-refractivity contribution in [1.82, 2.24) is 9.97 Å². The minimum atomic E-state index is -1.11. The van der Waals surface area contributed by atoms with Gasteiger partial charge in [-0.15, -0.1) is 0 Å². The summed E-state index contributed by atoms with van der Waals surface area (Å²) >= 11 is 0. The molecule has 10 heavy (non-hydrogen) atoms. The zero-order chi connectivity index (χ0) is 7.40. The summed E-state index contributed by atoms with van der Waals surface area (Å²) in [4.78, 5) is 7.26. The first-order valence-corrected chi connectivity index (χ1v) is 2.67. The van der Waals surface area contributed by atoms with Crippen LogP contribution in [0.4, 0.5) is 0 Å². The summed E-state index contributed by atoms with van der Waals surface area (Å²) in [6, 6.07) is 1.66. The van der Waals surface area contributed by atoms with E-state index in [-0.39, 0.29) is 0 Å². The van der Waals surface area contributed by atoms with Crippen LogP contribution in [0.15, 0.2) is 18.7 Å². The summed E-state index contributed by atoms with van der Waals surface area (Å²) in [6.07, 6.45) is 3.04. The number of nitriles is 1. The molecule has 1 aromatic rings. The molecule has 0 spiro atoms. The number of aromatic nitrogens is 2. The second kappa shape index (κ2) is 2.90. The molecule has 0 fully saturated rings. The molecule has 1 atom stereocenters. The van der Waals surface area contributed by atoms with Crippen LogP contribution < -0.4 is 0 Å². The monoisotopic (exact) mass is 135 g/mol. The van der Waals surface area contributed by atoms with Gasteiger partial charge in [0.25, 0.3) is 0 Å². The van der Waals surface area contributed by atoms with E-state index in [4.69, 9.17) is 10.4 Å². The normalized spacial score (nSPS) is 12.0. The quantitative estimate of drug-likeness (QED) is 0.551. The summed E-state index contributed by atoms with van der Waals surface area (Å²) in [5, 5.41) is 17.1. The Morgan fingerprint density at radius 1 is 1.50 bits per heavy atom. The smallest absolute Gasteiger partial charge is 0.168 e. The second-order valence-electron chi connectivity index (χ2n) is 1.70. The fourth-order valence-corrected chi connectivity index (χ4v) is 0.526. The summed E-state index contributed by atoms with van der Waals surface area (Å²) in [5.41, 5.74) is 0.421. The molecule has 0 aromatic carbocycles. The second-order valence-corrected chi connectivity index (χ2v) is 1.70. The van der Waals surface area contributed by atoms with E-state index in [9.17, 15) is 0 Å². The van der Waals surface area contributed by atoms with Gasteiger partial charge in [-0.05, 0) is 0 Å². The van der Waals surface area contributed by atoms with Gasteiger partial charge in [0.1, 0.15) is 6.33 Å². The van der Waals surface area contributed by atoms with E-state index in [2.05, 4.69) is 9.97 Å². The Morgan fingerprint density at radius 2 is 2.10 bits per heavy atom. The zero-order valence-electron chi connectivity index (χ0n) is 5.10. The lowest BCUT2D eigenvalue weighted by Crippen LogP contribution is -1.94. The Kier molecular flexibility index (Phi) is 1.92. The van der Waals surface area contributed by atoms with Gasteiger partial charge in [0, 0.05) is 18.0 Å². The van der Waals surface area contributed by atoms with E-state index in [1.54, 1.807) is 6.07 Å². The zero-order valence-corrected chi connectivity index (χ0v) is 5.10. The van der Waals surface area contributed by atoms with Crippen molar-refractivity contribution in [3.8, 4) is 6.07 Å². The molecule has 1 heterocycles. The summed E-state index contributed by atoms with van der Waals surface area (Å²) in [5.74, 6) is 0. The molecule has 0 aliphatic carbocycles. The first kappa shape index (κ1) is 6.65. The van der Waals surface area contributed by atoms with Crippen LogP contribution in [0.5, 0.6) is 0 Å². The van der Waals surface area contributed by atoms with Crippen molar-refractivity contribution in [2.75, 3.05) is 0 Å². The van der Waals surface area contributed by atoms with Crippen molar-refractivity contribution in [1.29, 1.82) is 5.26 Å². The van der Waals surface area contributed by atoms with Crippen LogP contribution in [0.1, 0.15) is 11.7 Å². The molecule has 0 aliphatic heterocycles. The number of rotatable bonds is 1. The lowest BCUT2D eigenvalue weighted by Gasteiger charge is -1.96. The minimum absolute atomic E-state index is 0.421. The molecule has 0 saturated carbocycles. The Hall–Kier alpha value is -1.47. The van der Waals surface area contributed by atoms with Crippen LogP contribution in [0.3, 0.4) is 0 Å². The van der Waals surface area contributed by atoms with Crippen molar-refractivity contribution in [3.63, 3.8) is 0 Å². The maximum Gasteiger partial charge on any atom is 0.168 e. The lowest BCUT2D eigenvalue weighted by atomic mass is 10.2. The SMILES string of the molecule is N#C[C@H](O)c1cncnc1. The topological polar surface area (TPSA) is 69.8 Å². The van der Waals surface area contributed by atoms with E-state index >= 15 is 0 Å². The highest BCUT2D eigenvalue weighted by atomic mass is 16.3. The van der Waals surface area contributed by atoms with Gasteiger partial charge in [-0.25, -0.2) is 9.97 Å². The highest BCUT2D eigenvalue weighted by Gasteiger charge is 2.03. The molecular weight excluding hydrogens is 130 g/mol. The fourth-order valence-electron chi connectivity index (χ4n) is 0.526. The van der Waals surface area contributed by atoms with Gasteiger partial charge in [0.05, 0.1) is 6.07 Å². The number of aliphatic hydroxyl groups excluding tert-OH is 1. The number of hydrogen-bond donors (Lipinski definition) is 1. The van der Waals surface area contributed by atoms with E-state index < -0.39 is 6.10 Å². The number of aliphatic hydroxyl groups is 1. The third kappa shape index (κ3) is 1.27. The van der Waals surface area contributed by atoms with Crippen LogP contribution in [0, 0.1) is 11.3 Å². The summed E-state index contributed by atoms with van der Waals surface area (Å²) in [7, 11) is 0. The molecule has 0 aliphatic rings. The number of nitrogens with zero attached hydrogens (tertiary/aromatic N) is 3. The molecule has 1 aromatic heterocycles. The van der Waals surface area contributed by atoms with Crippen molar-refractivity contribution >= 4 is 0 Å². The summed E-state index contributed by atoms with van der Waals surface area (Å²) < 4.78 is 0. The maximum absolute atomic E-state index is 8.89. The molecule has 0 saturated heterocycles. The van der Waals surface area contributed by atoms with Crippen LogP contribution >= 0.6 is 0 Å². The molecule has 0 bridgehead atoms. The van der Waals surface area contributed by atoms with Crippen molar-refractivity contribution < 1.29 is 5.11 Å². The lowest BCUT2D eigenvalue weighted by molar-refractivity contribution is 0.235. The van der Waals surface area contributed by atoms with Gasteiger partial charge in [-0.2, -0.15) is 5.26 Å². The molecule has 4 nitrogen and oxygen atoms in total. The van der Waals surface area contributed by atoms with Crippen molar-refractivity contribution in [2.24, 2.45) is 0 Å². The van der Waals surface area contributed by atoms with E-state index in [0.717, 1.165) is 0 Å². The third-order valence-electron chi connectivity index (χ3n) is 1.02. The van der Waals surface area contributed by atoms with Gasteiger partial charge in [-0.1, -0.05) is 0 Å². The molecular formula is C6H5N3O. The first-order valence-electron chi connectivity index (χ1n) is 2.67. The first-order chi connectivity index (χ1) is 4.84. The molecule has 0 radical (unpaired) electrons. The maximum atomic E-state index is 8.89. The molecule has 50 valence electrons. The molecule has 0 unspecified atom stereocenters. The van der Waals surface area contributed by atoms with Crippen LogP contribution in [0.25, 0.3) is 0 Å². The van der Waals surface area contributed by atoms with Gasteiger partial charge >= 0.3 is 0 Å². The molecule has 1 rings (SSSR count). The largest absolute Gasteiger partial charge is 0.374 e. The predicted octanol–water partition coefficient (Wildman–Crippen LogP) is 0.0336. The Balaban J connectivity index is 2.88. The van der Waals surface area contributed by atoms with Gasteiger partial charge in [-0.3, -0.25) is 0 Å². The van der Waals surface area contributed by atoms with Crippen molar-refractivity contribution in [3.05, 3.63) is 24.3 Å². The molecule has 0 amide bonds. The average molecular weight is 135 g/mol. The van der Waals surface area contributed by atoms with Crippen molar-refractivity contribution in [2.45, 2.75) is 6.10 Å². The van der Waals surface area contributed by atoms with Gasteiger partial charge in [0.2, 0.25) is 0 Å². The van der Waals surface area contributed by atoms with E-state index in [0.29, 0.717) is 5.56 Å². The third-order valence-corrected chi connectivity index (χ3v) is 1.02. The standard InChI is InChI=1S/C6H5N3O/c7-1-6(10)5-2-8-4-9-3-5/h2-4,6,10H/t6-/m0/s1. The highest BCUT2D eigenvalue weighted by molar-refractivity contribution is 5.13. The Morgan fingerprint density at radius 3 is 2.60 bits per heavy atom.